The molecule has 0 aromatic heterocycles. The Morgan fingerprint density at radius 3 is 2.53 bits per heavy atom. The molecule has 5 heteroatoms. The summed E-state index contributed by atoms with van der Waals surface area (Å²) in [7, 11) is 1.49. The maximum atomic E-state index is 11.8. The number of ether oxygens (including phenoxy) is 4. The minimum Gasteiger partial charge on any atom is -0.454 e. The number of carbonyl (C=O) groups excluding carboxylic acids is 1. The Kier molecular flexibility index (Phi) is 3.99. The van der Waals surface area contributed by atoms with Gasteiger partial charge in [-0.05, 0) is 19.8 Å². The van der Waals surface area contributed by atoms with Crippen molar-refractivity contribution in [3.8, 4) is 0 Å². The van der Waals surface area contributed by atoms with Crippen LogP contribution in [0.4, 0.5) is 0 Å². The van der Waals surface area contributed by atoms with Gasteiger partial charge >= 0.3 is 5.97 Å². The molecule has 108 valence electrons. The van der Waals surface area contributed by atoms with Gasteiger partial charge in [-0.2, -0.15) is 0 Å². The van der Waals surface area contributed by atoms with E-state index in [0.29, 0.717) is 5.92 Å². The molecule has 2 fully saturated rings. The zero-order valence-electron chi connectivity index (χ0n) is 12.1. The first kappa shape index (κ1) is 14.5. The van der Waals surface area contributed by atoms with E-state index in [1.807, 2.05) is 26.0 Å². The van der Waals surface area contributed by atoms with Gasteiger partial charge in [-0.1, -0.05) is 26.0 Å². The molecule has 0 saturated carbocycles. The fourth-order valence-corrected chi connectivity index (χ4v) is 2.42. The maximum absolute atomic E-state index is 11.8. The minimum atomic E-state index is -0.766. The molecule has 0 bridgehead atoms. The predicted octanol–water partition coefficient (Wildman–Crippen LogP) is 1.66. The first-order chi connectivity index (χ1) is 8.84. The van der Waals surface area contributed by atoms with E-state index >= 15 is 0 Å². The summed E-state index contributed by atoms with van der Waals surface area (Å²) in [5.41, 5.74) is 0. The summed E-state index contributed by atoms with van der Waals surface area (Å²) in [6.07, 6.45) is 2.13. The van der Waals surface area contributed by atoms with E-state index in [2.05, 4.69) is 13.8 Å². The van der Waals surface area contributed by atoms with Gasteiger partial charge in [0, 0.05) is 7.11 Å². The lowest BCUT2D eigenvalue weighted by molar-refractivity contribution is -0.318. The molecule has 0 spiro atoms. The summed E-state index contributed by atoms with van der Waals surface area (Å²) < 4.78 is 22.1. The van der Waals surface area contributed by atoms with Crippen molar-refractivity contribution in [1.82, 2.24) is 0 Å². The molecule has 4 atom stereocenters. The Bertz CT molecular complexity index is 374. The van der Waals surface area contributed by atoms with Gasteiger partial charge in [0.15, 0.2) is 18.0 Å². The highest BCUT2D eigenvalue weighted by Crippen LogP contribution is 2.36. The van der Waals surface area contributed by atoms with Crippen molar-refractivity contribution in [3.05, 3.63) is 12.2 Å². The summed E-state index contributed by atoms with van der Waals surface area (Å²) in [5.74, 6) is -0.747. The number of carbonyl (C=O) groups is 1. The quantitative estimate of drug-likeness (QED) is 0.576. The molecule has 2 aliphatic rings. The lowest BCUT2D eigenvalue weighted by atomic mass is 10.0. The second kappa shape index (κ2) is 5.23. The molecular formula is C14H22O5. The Balaban J connectivity index is 2.22. The third-order valence-corrected chi connectivity index (χ3v) is 3.21. The Morgan fingerprint density at radius 1 is 1.26 bits per heavy atom. The van der Waals surface area contributed by atoms with Crippen molar-refractivity contribution in [2.75, 3.05) is 7.11 Å². The zero-order chi connectivity index (χ0) is 14.2. The molecule has 0 aliphatic carbocycles. The zero-order valence-corrected chi connectivity index (χ0v) is 12.1. The third-order valence-electron chi connectivity index (χ3n) is 3.21. The van der Waals surface area contributed by atoms with Gasteiger partial charge in [-0.3, -0.25) is 0 Å². The van der Waals surface area contributed by atoms with Gasteiger partial charge < -0.3 is 18.9 Å². The summed E-state index contributed by atoms with van der Waals surface area (Å²) >= 11 is 0. The van der Waals surface area contributed by atoms with E-state index < -0.39 is 24.1 Å². The van der Waals surface area contributed by atoms with Crippen molar-refractivity contribution in [2.45, 2.75) is 57.9 Å². The van der Waals surface area contributed by atoms with Gasteiger partial charge in [0.25, 0.3) is 0 Å². The van der Waals surface area contributed by atoms with Crippen LogP contribution in [-0.2, 0) is 23.7 Å². The molecular weight excluding hydrogens is 248 g/mol. The number of rotatable bonds is 3. The molecule has 0 aromatic rings. The largest absolute Gasteiger partial charge is 0.454 e. The van der Waals surface area contributed by atoms with Crippen LogP contribution < -0.4 is 0 Å². The number of allylic oxidation sites excluding steroid dienone is 1. The molecule has 2 unspecified atom stereocenters. The lowest BCUT2D eigenvalue weighted by Crippen LogP contribution is -2.54. The van der Waals surface area contributed by atoms with Crippen LogP contribution in [0.15, 0.2) is 12.2 Å². The summed E-state index contributed by atoms with van der Waals surface area (Å²) in [6.45, 7) is 7.82. The van der Waals surface area contributed by atoms with Crippen LogP contribution >= 0.6 is 0 Å². The minimum absolute atomic E-state index is 0.305. The Morgan fingerprint density at radius 2 is 1.95 bits per heavy atom. The van der Waals surface area contributed by atoms with E-state index in [0.717, 1.165) is 0 Å². The highest BCUT2D eigenvalue weighted by Gasteiger charge is 2.55. The summed E-state index contributed by atoms with van der Waals surface area (Å²) in [4.78, 5) is 11.8. The fraction of sp³-hybridized carbons (Fsp3) is 0.786. The second-order valence-electron chi connectivity index (χ2n) is 5.75. The molecule has 19 heavy (non-hydrogen) atoms. The second-order valence-corrected chi connectivity index (χ2v) is 5.75. The number of methoxy groups -OCH3 is 1. The molecule has 2 rings (SSSR count). The van der Waals surface area contributed by atoms with Crippen molar-refractivity contribution >= 4 is 5.97 Å². The summed E-state index contributed by atoms with van der Waals surface area (Å²) in [5, 5.41) is 0. The van der Waals surface area contributed by atoms with Crippen LogP contribution in [-0.4, -0.2) is 43.3 Å². The van der Waals surface area contributed by atoms with Crippen molar-refractivity contribution in [1.29, 1.82) is 0 Å². The van der Waals surface area contributed by atoms with E-state index in [1.165, 1.54) is 7.11 Å². The van der Waals surface area contributed by atoms with Gasteiger partial charge in [0.1, 0.15) is 12.2 Å². The maximum Gasteiger partial charge on any atom is 0.338 e. The van der Waals surface area contributed by atoms with Crippen molar-refractivity contribution in [2.24, 2.45) is 5.92 Å². The van der Waals surface area contributed by atoms with Crippen molar-refractivity contribution in [3.63, 3.8) is 0 Å². The van der Waals surface area contributed by atoms with E-state index in [1.54, 1.807) is 0 Å². The predicted molar refractivity (Wildman–Crippen MR) is 68.5 cm³/mol. The number of hydrogen-bond donors (Lipinski definition) is 0. The van der Waals surface area contributed by atoms with Gasteiger partial charge in [-0.25, -0.2) is 4.79 Å². The molecule has 2 heterocycles. The normalized spacial score (nSPS) is 37.7. The molecule has 2 saturated heterocycles. The molecule has 0 radical (unpaired) electrons. The lowest BCUT2D eigenvalue weighted by Gasteiger charge is -2.41. The Hall–Kier alpha value is -0.910. The SMILES string of the molecule is COC1C(=O)O[C@H]2C1OC(C)(C)O[C@@H]2/C=C/C(C)C. The first-order valence-corrected chi connectivity index (χ1v) is 6.61. The van der Waals surface area contributed by atoms with Gasteiger partial charge in [-0.15, -0.1) is 0 Å². The molecule has 0 amide bonds. The summed E-state index contributed by atoms with van der Waals surface area (Å²) in [6, 6.07) is 0. The smallest absolute Gasteiger partial charge is 0.338 e. The monoisotopic (exact) mass is 270 g/mol. The average Bonchev–Trinajstić information content (AvgIpc) is 2.60. The van der Waals surface area contributed by atoms with Gasteiger partial charge in [0.2, 0.25) is 0 Å². The highest BCUT2D eigenvalue weighted by atomic mass is 16.8. The van der Waals surface area contributed by atoms with Gasteiger partial charge in [0.05, 0.1) is 0 Å². The van der Waals surface area contributed by atoms with Crippen LogP contribution in [0, 0.1) is 5.92 Å². The Labute approximate surface area is 113 Å². The first-order valence-electron chi connectivity index (χ1n) is 6.61. The average molecular weight is 270 g/mol. The molecule has 0 N–H and O–H groups in total. The third kappa shape index (κ3) is 2.99. The fourth-order valence-electron chi connectivity index (χ4n) is 2.42. The number of hydrogen-bond acceptors (Lipinski definition) is 5. The van der Waals surface area contributed by atoms with Crippen LogP contribution in [0.1, 0.15) is 27.7 Å². The van der Waals surface area contributed by atoms with Crippen LogP contribution in [0.25, 0.3) is 0 Å². The molecule has 0 aromatic carbocycles. The van der Waals surface area contributed by atoms with Crippen LogP contribution in [0.5, 0.6) is 0 Å². The topological polar surface area (TPSA) is 54.0 Å². The highest BCUT2D eigenvalue weighted by molar-refractivity contribution is 5.78. The number of esters is 1. The standard InChI is InChI=1S/C14H22O5/c1-8(2)6-7-9-10-11(19-14(3,4)18-9)12(16-5)13(15)17-10/h6-12H,1-5H3/b7-6+/t9-,10-,11?,12?/m1/s1. The van der Waals surface area contributed by atoms with Crippen LogP contribution in [0.3, 0.4) is 0 Å². The number of fused-ring (bicyclic) bond motifs is 1. The van der Waals surface area contributed by atoms with E-state index in [9.17, 15) is 4.79 Å². The molecule has 2 aliphatic heterocycles. The molecule has 5 nitrogen and oxygen atoms in total. The van der Waals surface area contributed by atoms with E-state index in [-0.39, 0.29) is 12.1 Å². The van der Waals surface area contributed by atoms with E-state index in [4.69, 9.17) is 18.9 Å². The van der Waals surface area contributed by atoms with Crippen LogP contribution in [0.2, 0.25) is 0 Å². The van der Waals surface area contributed by atoms with Crippen molar-refractivity contribution < 1.29 is 23.7 Å².